The normalized spacial score (nSPS) is 20.7. The molecule has 11 heteroatoms. The number of ether oxygens (including phenoxy) is 1. The Morgan fingerprint density at radius 3 is 2.67 bits per heavy atom. The van der Waals surface area contributed by atoms with Crippen molar-refractivity contribution in [1.82, 2.24) is 4.90 Å². The first-order valence-corrected chi connectivity index (χ1v) is 8.58. The lowest BCUT2D eigenvalue weighted by molar-refractivity contribution is -0.146. The third kappa shape index (κ3) is 3.72. The molecule has 1 aromatic rings. The second-order valence-electron chi connectivity index (χ2n) is 7.27. The first kappa shape index (κ1) is 19.4. The van der Waals surface area contributed by atoms with Crippen LogP contribution >= 0.6 is 0 Å². The Morgan fingerprint density at radius 1 is 1.41 bits per heavy atom. The minimum Gasteiger partial charge on any atom is -0.669 e. The maximum atomic E-state index is 12.1. The molecule has 1 saturated heterocycles. The van der Waals surface area contributed by atoms with Gasteiger partial charge in [-0.1, -0.05) is 12.4 Å². The van der Waals surface area contributed by atoms with Gasteiger partial charge in [0.1, 0.15) is 23.0 Å². The Morgan fingerprint density at radius 2 is 2.07 bits per heavy atom. The monoisotopic (exact) mass is 381 g/mol. The summed E-state index contributed by atoms with van der Waals surface area (Å²) in [6.07, 6.45) is -0.207. The van der Waals surface area contributed by atoms with Gasteiger partial charge in [0.05, 0.1) is 25.4 Å². The van der Waals surface area contributed by atoms with E-state index in [2.05, 4.69) is 0 Å². The van der Waals surface area contributed by atoms with Crippen LogP contribution in [0.5, 0.6) is 11.5 Å². The highest BCUT2D eigenvalue weighted by atomic mass is 16.6. The van der Waals surface area contributed by atoms with E-state index in [0.29, 0.717) is 5.56 Å². The van der Waals surface area contributed by atoms with E-state index in [0.717, 1.165) is 0 Å². The molecule has 148 valence electrons. The zero-order valence-corrected chi connectivity index (χ0v) is 14.8. The van der Waals surface area contributed by atoms with Crippen LogP contribution in [0.3, 0.4) is 0 Å². The van der Waals surface area contributed by atoms with Crippen LogP contribution in [0.25, 0.3) is 0 Å². The van der Waals surface area contributed by atoms with Crippen LogP contribution in [0.4, 0.5) is 0 Å². The average Bonchev–Trinajstić information content (AvgIpc) is 2.55. The highest BCUT2D eigenvalue weighted by molar-refractivity contribution is 6.59. The average molecular weight is 381 g/mol. The summed E-state index contributed by atoms with van der Waals surface area (Å²) in [7, 11) is 0. The van der Waals surface area contributed by atoms with Crippen LogP contribution in [0.2, 0.25) is 6.32 Å². The van der Waals surface area contributed by atoms with E-state index in [1.54, 1.807) is 6.07 Å². The topological polar surface area (TPSA) is 163 Å². The van der Waals surface area contributed by atoms with E-state index in [-0.39, 0.29) is 42.9 Å². The molecule has 0 radical (unpaired) electrons. The van der Waals surface area contributed by atoms with Gasteiger partial charge in [0.15, 0.2) is 0 Å². The molecule has 1 amide bonds. The van der Waals surface area contributed by atoms with Gasteiger partial charge in [0.25, 0.3) is 0 Å². The van der Waals surface area contributed by atoms with Gasteiger partial charge in [0.2, 0.25) is 5.91 Å². The predicted octanol–water partition coefficient (Wildman–Crippen LogP) is -1.46. The van der Waals surface area contributed by atoms with Gasteiger partial charge in [-0.15, -0.1) is 0 Å². The zero-order valence-electron chi connectivity index (χ0n) is 14.8. The number of aliphatic hydroxyl groups is 1. The summed E-state index contributed by atoms with van der Waals surface area (Å²) >= 11 is 0. The first-order chi connectivity index (χ1) is 12.5. The molecule has 1 aromatic carbocycles. The molecule has 6 N–H and O–H groups in total. The number of hydrogen-bond donors (Lipinski definition) is 5. The van der Waals surface area contributed by atoms with Gasteiger partial charge < -0.3 is 40.3 Å². The number of hydrogen-bond acceptors (Lipinski definition) is 8. The van der Waals surface area contributed by atoms with Crippen molar-refractivity contribution in [2.75, 3.05) is 19.7 Å². The van der Waals surface area contributed by atoms with E-state index in [9.17, 15) is 24.7 Å². The van der Waals surface area contributed by atoms with Crippen LogP contribution in [-0.2, 0) is 11.2 Å². The van der Waals surface area contributed by atoms with Crippen LogP contribution < -0.4 is 15.1 Å². The maximum absolute atomic E-state index is 12.1. The van der Waals surface area contributed by atoms with Gasteiger partial charge in [-0.3, -0.25) is 4.79 Å². The van der Waals surface area contributed by atoms with Crippen LogP contribution in [0.15, 0.2) is 12.1 Å². The van der Waals surface area contributed by atoms with Gasteiger partial charge in [-0.2, -0.15) is 0 Å². The van der Waals surface area contributed by atoms with Crippen molar-refractivity contribution in [1.29, 1.82) is 0 Å². The molecule has 1 fully saturated rings. The number of carboxylic acids is 1. The van der Waals surface area contributed by atoms with Crippen molar-refractivity contribution in [2.45, 2.75) is 31.3 Å². The predicted molar refractivity (Wildman–Crippen MR) is 93.4 cm³/mol. The molecular formula is C16H22BN2O8-. The molecule has 2 aliphatic heterocycles. The number of carbonyl (C=O) groups is 2. The molecule has 2 heterocycles. The summed E-state index contributed by atoms with van der Waals surface area (Å²) in [6, 6.07) is 3.11. The molecule has 0 saturated carbocycles. The fraction of sp³-hybridized carbons (Fsp3) is 0.500. The molecule has 0 bridgehead atoms. The van der Waals surface area contributed by atoms with Crippen molar-refractivity contribution in [3.8, 4) is 11.5 Å². The van der Waals surface area contributed by atoms with Gasteiger partial charge in [0, 0.05) is 0 Å². The Labute approximate surface area is 155 Å². The van der Waals surface area contributed by atoms with Gasteiger partial charge in [-0.25, -0.2) is 4.79 Å². The standard InChI is InChI=1S/C16H22BN2O8/c1-16(18,8-20)15(23)19-6-10(7-19)26-11-3-2-9-4-5-17(24,25)27-13(9)12(11)14(21)22/h2-3,10,20,24-25H,4-8,18H2,1H3,(H,21,22)/q-1/t16-/m1/s1. The smallest absolute Gasteiger partial charge is 0.430 e. The second-order valence-corrected chi connectivity index (χ2v) is 7.27. The zero-order chi connectivity index (χ0) is 20.0. The van der Waals surface area contributed by atoms with E-state index >= 15 is 0 Å². The van der Waals surface area contributed by atoms with Crippen molar-refractivity contribution >= 4 is 18.6 Å². The van der Waals surface area contributed by atoms with Crippen molar-refractivity contribution < 1.29 is 39.2 Å². The van der Waals surface area contributed by atoms with Crippen molar-refractivity contribution in [3.63, 3.8) is 0 Å². The van der Waals surface area contributed by atoms with E-state index in [1.807, 2.05) is 0 Å². The van der Waals surface area contributed by atoms with E-state index in [1.165, 1.54) is 17.9 Å². The summed E-state index contributed by atoms with van der Waals surface area (Å²) < 4.78 is 10.8. The maximum Gasteiger partial charge on any atom is 0.430 e. The fourth-order valence-electron chi connectivity index (χ4n) is 3.12. The number of nitrogens with two attached hydrogens (primary N) is 1. The number of benzene rings is 1. The lowest BCUT2D eigenvalue weighted by atomic mass is 9.70. The molecule has 3 rings (SSSR count). The Kier molecular flexibility index (Phi) is 4.81. The Bertz CT molecular complexity index is 776. The molecule has 0 unspecified atom stereocenters. The van der Waals surface area contributed by atoms with Gasteiger partial charge >= 0.3 is 12.7 Å². The number of carbonyl (C=O) groups excluding carboxylic acids is 1. The van der Waals surface area contributed by atoms with E-state index in [4.69, 9.17) is 20.2 Å². The number of fused-ring (bicyclic) bond motifs is 1. The third-order valence-electron chi connectivity index (χ3n) is 4.76. The van der Waals surface area contributed by atoms with Crippen LogP contribution in [0.1, 0.15) is 22.8 Å². The lowest BCUT2D eigenvalue weighted by Crippen LogP contribution is -2.64. The largest absolute Gasteiger partial charge is 0.669 e. The third-order valence-corrected chi connectivity index (χ3v) is 4.76. The first-order valence-electron chi connectivity index (χ1n) is 8.58. The highest BCUT2D eigenvalue weighted by Crippen LogP contribution is 2.39. The minimum absolute atomic E-state index is 0.0181. The summed E-state index contributed by atoms with van der Waals surface area (Å²) in [4.78, 5) is 25.3. The highest BCUT2D eigenvalue weighted by Gasteiger charge is 2.41. The number of aromatic carboxylic acids is 1. The summed E-state index contributed by atoms with van der Waals surface area (Å²) in [5.41, 5.74) is 4.59. The lowest BCUT2D eigenvalue weighted by Gasteiger charge is -2.42. The summed E-state index contributed by atoms with van der Waals surface area (Å²) in [5.74, 6) is -1.84. The molecule has 0 aromatic heterocycles. The number of nitrogens with zero attached hydrogens (tertiary/aromatic N) is 1. The number of aliphatic hydroxyl groups excluding tert-OH is 1. The number of likely N-dealkylation sites (tertiary alicyclic amines) is 1. The summed E-state index contributed by atoms with van der Waals surface area (Å²) in [6.45, 7) is -1.80. The number of amides is 1. The van der Waals surface area contributed by atoms with Gasteiger partial charge in [-0.05, 0) is 25.0 Å². The molecule has 10 nitrogen and oxygen atoms in total. The molecule has 27 heavy (non-hydrogen) atoms. The fourth-order valence-corrected chi connectivity index (χ4v) is 3.12. The Hall–Kier alpha value is -2.34. The SMILES string of the molecule is C[C@@](N)(CO)C(=O)N1CC(Oc2ccc3c(c2C(=O)O)O[B-](O)(O)CC3)C1. The number of carboxylic acid groups (broad SMARTS) is 1. The molecule has 0 spiro atoms. The molecule has 1 atom stereocenters. The second kappa shape index (κ2) is 6.68. The molecular weight excluding hydrogens is 359 g/mol. The molecule has 2 aliphatic rings. The number of rotatable bonds is 5. The Balaban J connectivity index is 1.76. The van der Waals surface area contributed by atoms with Crippen molar-refractivity contribution in [2.24, 2.45) is 5.73 Å². The summed E-state index contributed by atoms with van der Waals surface area (Å²) in [5, 5.41) is 38.2. The van der Waals surface area contributed by atoms with Crippen molar-refractivity contribution in [3.05, 3.63) is 23.3 Å². The van der Waals surface area contributed by atoms with Crippen LogP contribution in [-0.4, -0.2) is 75.1 Å². The number of aryl methyl sites for hydroxylation is 1. The molecule has 0 aliphatic carbocycles. The van der Waals surface area contributed by atoms with Crippen LogP contribution in [0, 0.1) is 0 Å². The quantitative estimate of drug-likeness (QED) is 0.384. The minimum atomic E-state index is -3.11. The van der Waals surface area contributed by atoms with E-state index < -0.39 is 36.9 Å².